The number of hydrogen-bond acceptors (Lipinski definition) is 3. The van der Waals surface area contributed by atoms with Crippen LogP contribution < -0.4 is 5.32 Å². The lowest BCUT2D eigenvalue weighted by atomic mass is 10.2. The minimum Gasteiger partial charge on any atom is -0.301 e. The van der Waals surface area contributed by atoms with Crippen molar-refractivity contribution in [2.24, 2.45) is 0 Å². The summed E-state index contributed by atoms with van der Waals surface area (Å²) in [5, 5.41) is 3.47. The summed E-state index contributed by atoms with van der Waals surface area (Å²) >= 11 is 8.30. The molecule has 1 amide bonds. The molecule has 0 radical (unpaired) electrons. The number of aromatic nitrogens is 1. The van der Waals surface area contributed by atoms with Gasteiger partial charge in [-0.2, -0.15) is 0 Å². The molecule has 1 N–H and O–H groups in total. The first-order chi connectivity index (χ1) is 8.51. The van der Waals surface area contributed by atoms with Gasteiger partial charge in [0.25, 0.3) is 0 Å². The van der Waals surface area contributed by atoms with Gasteiger partial charge in [-0.15, -0.1) is 0 Å². The van der Waals surface area contributed by atoms with Gasteiger partial charge in [-0.25, -0.2) is 4.98 Å². The molecule has 2 aromatic rings. The van der Waals surface area contributed by atoms with E-state index in [9.17, 15) is 4.79 Å². The van der Waals surface area contributed by atoms with E-state index >= 15 is 0 Å². The van der Waals surface area contributed by atoms with E-state index in [0.29, 0.717) is 5.13 Å². The highest BCUT2D eigenvalue weighted by Crippen LogP contribution is 2.30. The lowest BCUT2D eigenvalue weighted by Gasteiger charge is -2.04. The molecule has 0 spiro atoms. The average Bonchev–Trinajstić information content (AvgIpc) is 2.70. The van der Waals surface area contributed by atoms with Gasteiger partial charge in [0, 0.05) is 4.47 Å². The monoisotopic (exact) mass is 390 g/mol. The van der Waals surface area contributed by atoms with Crippen molar-refractivity contribution >= 4 is 64.5 Å². The predicted octanol–water partition coefficient (Wildman–Crippen LogP) is 4.48. The molecule has 0 aliphatic carbocycles. The Morgan fingerprint density at radius 2 is 2.28 bits per heavy atom. The molecule has 1 aromatic heterocycles. The normalized spacial score (nSPS) is 12.7. The Hall–Kier alpha value is -0.460. The first-order valence-electron chi connectivity index (χ1n) is 5.53. The Morgan fingerprint density at radius 1 is 1.56 bits per heavy atom. The van der Waals surface area contributed by atoms with Crippen LogP contribution in [0.4, 0.5) is 5.13 Å². The molecule has 96 valence electrons. The summed E-state index contributed by atoms with van der Waals surface area (Å²) in [4.78, 5) is 16.0. The van der Waals surface area contributed by atoms with Crippen LogP contribution in [0.2, 0.25) is 0 Å². The van der Waals surface area contributed by atoms with Gasteiger partial charge in [0.05, 0.1) is 15.0 Å². The number of carbonyl (C=O) groups excluding carboxylic acids is 1. The van der Waals surface area contributed by atoms with Crippen molar-refractivity contribution in [2.45, 2.75) is 25.1 Å². The SMILES string of the molecule is CC[C@@H](Br)C(=O)Nc1nc2cc(Br)c(C)cc2s1. The molecule has 0 unspecified atom stereocenters. The number of benzene rings is 1. The van der Waals surface area contributed by atoms with E-state index in [1.807, 2.05) is 19.9 Å². The standard InChI is InChI=1S/C12H12Br2N2OS/c1-3-7(13)11(17)16-12-15-9-5-8(14)6(2)4-10(9)18-12/h4-5,7H,3H2,1-2H3,(H,15,16,17)/t7-/m1/s1. The molecular weight excluding hydrogens is 380 g/mol. The second-order valence-electron chi connectivity index (χ2n) is 3.95. The zero-order valence-corrected chi connectivity index (χ0v) is 13.9. The molecular formula is C12H12Br2N2OS. The maximum Gasteiger partial charge on any atom is 0.239 e. The van der Waals surface area contributed by atoms with Crippen LogP contribution in [0.3, 0.4) is 0 Å². The minimum absolute atomic E-state index is 0.0488. The Bertz CT molecular complexity index is 558. The number of nitrogens with one attached hydrogen (secondary N) is 1. The molecule has 0 fully saturated rings. The van der Waals surface area contributed by atoms with Crippen molar-refractivity contribution in [3.63, 3.8) is 0 Å². The van der Waals surface area contributed by atoms with Gasteiger partial charge in [0.15, 0.2) is 5.13 Å². The fourth-order valence-corrected chi connectivity index (χ4v) is 2.87. The topological polar surface area (TPSA) is 42.0 Å². The molecule has 1 heterocycles. The Labute approximate surface area is 126 Å². The second-order valence-corrected chi connectivity index (χ2v) is 6.94. The van der Waals surface area contributed by atoms with Crippen LogP contribution in [-0.4, -0.2) is 15.7 Å². The Morgan fingerprint density at radius 3 is 2.94 bits per heavy atom. The van der Waals surface area contributed by atoms with Gasteiger partial charge in [0.1, 0.15) is 0 Å². The van der Waals surface area contributed by atoms with Crippen LogP contribution in [0.5, 0.6) is 0 Å². The molecule has 0 aliphatic rings. The summed E-state index contributed by atoms with van der Waals surface area (Å²) in [5.74, 6) is -0.0488. The summed E-state index contributed by atoms with van der Waals surface area (Å²) < 4.78 is 2.11. The maximum absolute atomic E-state index is 11.8. The smallest absolute Gasteiger partial charge is 0.239 e. The van der Waals surface area contributed by atoms with Crippen molar-refractivity contribution < 1.29 is 4.79 Å². The molecule has 2 rings (SSSR count). The number of halogens is 2. The van der Waals surface area contributed by atoms with E-state index in [0.717, 1.165) is 26.7 Å². The fourth-order valence-electron chi connectivity index (χ4n) is 1.47. The second kappa shape index (κ2) is 5.67. The highest BCUT2D eigenvalue weighted by molar-refractivity contribution is 9.10. The minimum atomic E-state index is -0.169. The van der Waals surface area contributed by atoms with E-state index in [1.165, 1.54) is 11.3 Å². The number of rotatable bonds is 3. The fraction of sp³-hybridized carbons (Fsp3) is 0.333. The summed E-state index contributed by atoms with van der Waals surface area (Å²) in [6.07, 6.45) is 0.751. The third kappa shape index (κ3) is 2.92. The molecule has 0 bridgehead atoms. The van der Waals surface area contributed by atoms with Crippen LogP contribution in [0.15, 0.2) is 16.6 Å². The van der Waals surface area contributed by atoms with Crippen molar-refractivity contribution in [1.82, 2.24) is 4.98 Å². The van der Waals surface area contributed by atoms with E-state index in [2.05, 4.69) is 48.2 Å². The summed E-state index contributed by atoms with van der Waals surface area (Å²) in [6, 6.07) is 4.04. The summed E-state index contributed by atoms with van der Waals surface area (Å²) in [7, 11) is 0. The highest BCUT2D eigenvalue weighted by atomic mass is 79.9. The zero-order chi connectivity index (χ0) is 13.3. The van der Waals surface area contributed by atoms with Crippen LogP contribution >= 0.6 is 43.2 Å². The van der Waals surface area contributed by atoms with Gasteiger partial charge < -0.3 is 5.32 Å². The number of anilines is 1. The molecule has 3 nitrogen and oxygen atoms in total. The number of alkyl halides is 1. The van der Waals surface area contributed by atoms with Crippen LogP contribution in [0.1, 0.15) is 18.9 Å². The highest BCUT2D eigenvalue weighted by Gasteiger charge is 2.14. The number of nitrogens with zero attached hydrogens (tertiary/aromatic N) is 1. The van der Waals surface area contributed by atoms with E-state index in [4.69, 9.17) is 0 Å². The largest absolute Gasteiger partial charge is 0.301 e. The first kappa shape index (κ1) is 14.0. The summed E-state index contributed by atoms with van der Waals surface area (Å²) in [6.45, 7) is 3.99. The number of fused-ring (bicyclic) bond motifs is 1. The molecule has 1 aromatic carbocycles. The average molecular weight is 392 g/mol. The Kier molecular flexibility index (Phi) is 4.40. The number of thiazole rings is 1. The van der Waals surface area contributed by atoms with Gasteiger partial charge in [-0.05, 0) is 31.0 Å². The lowest BCUT2D eigenvalue weighted by Crippen LogP contribution is -2.21. The van der Waals surface area contributed by atoms with Crippen LogP contribution in [0, 0.1) is 6.92 Å². The van der Waals surface area contributed by atoms with E-state index in [1.54, 1.807) is 0 Å². The number of hydrogen-bond donors (Lipinski definition) is 1. The number of amides is 1. The van der Waals surface area contributed by atoms with E-state index in [-0.39, 0.29) is 10.7 Å². The van der Waals surface area contributed by atoms with Crippen LogP contribution in [-0.2, 0) is 4.79 Å². The molecule has 0 saturated heterocycles. The third-order valence-corrected chi connectivity index (χ3v) is 5.39. The van der Waals surface area contributed by atoms with Crippen molar-refractivity contribution in [1.29, 1.82) is 0 Å². The molecule has 0 aliphatic heterocycles. The predicted molar refractivity (Wildman–Crippen MR) is 83.7 cm³/mol. The Balaban J connectivity index is 2.28. The number of carbonyl (C=O) groups is 1. The van der Waals surface area contributed by atoms with Gasteiger partial charge >= 0.3 is 0 Å². The van der Waals surface area contributed by atoms with Gasteiger partial charge in [-0.3, -0.25) is 4.79 Å². The van der Waals surface area contributed by atoms with Crippen molar-refractivity contribution in [3.8, 4) is 0 Å². The third-order valence-electron chi connectivity index (χ3n) is 2.54. The number of aryl methyl sites for hydroxylation is 1. The quantitative estimate of drug-likeness (QED) is 0.783. The van der Waals surface area contributed by atoms with Crippen molar-refractivity contribution in [2.75, 3.05) is 5.32 Å². The molecule has 18 heavy (non-hydrogen) atoms. The van der Waals surface area contributed by atoms with Crippen molar-refractivity contribution in [3.05, 3.63) is 22.2 Å². The summed E-state index contributed by atoms with van der Waals surface area (Å²) in [5.41, 5.74) is 2.06. The molecule has 1 atom stereocenters. The maximum atomic E-state index is 11.8. The molecule has 0 saturated carbocycles. The molecule has 6 heteroatoms. The van der Waals surface area contributed by atoms with E-state index < -0.39 is 0 Å². The first-order valence-corrected chi connectivity index (χ1v) is 8.05. The lowest BCUT2D eigenvalue weighted by molar-refractivity contribution is -0.115. The van der Waals surface area contributed by atoms with Crippen LogP contribution in [0.25, 0.3) is 10.2 Å². The zero-order valence-electron chi connectivity index (χ0n) is 9.96. The van der Waals surface area contributed by atoms with Gasteiger partial charge in [0.2, 0.25) is 5.91 Å². The van der Waals surface area contributed by atoms with Gasteiger partial charge in [-0.1, -0.05) is 50.1 Å².